The van der Waals surface area contributed by atoms with Crippen molar-refractivity contribution in [3.8, 4) is 0 Å². The van der Waals surface area contributed by atoms with Crippen molar-refractivity contribution in [2.24, 2.45) is 5.92 Å². The summed E-state index contributed by atoms with van der Waals surface area (Å²) in [5, 5.41) is 0. The fourth-order valence-corrected chi connectivity index (χ4v) is 3.38. The van der Waals surface area contributed by atoms with Gasteiger partial charge in [0.1, 0.15) is 5.60 Å². The molecule has 1 heterocycles. The van der Waals surface area contributed by atoms with Crippen LogP contribution in [0.15, 0.2) is 0 Å². The Hall–Kier alpha value is 0.610. The first-order chi connectivity index (χ1) is 7.50. The number of hydrogen-bond acceptors (Lipinski definition) is 3. The molecular formula is C12H21IO3. The Balaban J connectivity index is 2.21. The molecule has 94 valence electrons. The van der Waals surface area contributed by atoms with Crippen LogP contribution in [0, 0.1) is 5.92 Å². The monoisotopic (exact) mass is 340 g/mol. The Bertz CT molecular complexity index is 257. The van der Waals surface area contributed by atoms with Gasteiger partial charge in [0.2, 0.25) is 5.79 Å². The van der Waals surface area contributed by atoms with Crippen molar-refractivity contribution < 1.29 is 14.5 Å². The van der Waals surface area contributed by atoms with Gasteiger partial charge in [-0.2, -0.15) is 0 Å². The van der Waals surface area contributed by atoms with Crippen molar-refractivity contribution in [3.63, 3.8) is 0 Å². The van der Waals surface area contributed by atoms with Crippen LogP contribution in [-0.2, 0) is 14.5 Å². The maximum atomic E-state index is 5.70. The van der Waals surface area contributed by atoms with Crippen LogP contribution in [0.25, 0.3) is 0 Å². The molecule has 2 fully saturated rings. The molecule has 1 saturated heterocycles. The summed E-state index contributed by atoms with van der Waals surface area (Å²) in [5.41, 5.74) is -0.233. The first-order valence-corrected chi connectivity index (χ1v) is 7.31. The third kappa shape index (κ3) is 2.26. The number of hydrogen-bond donors (Lipinski definition) is 0. The molecule has 16 heavy (non-hydrogen) atoms. The maximum Gasteiger partial charge on any atom is 0.204 e. The van der Waals surface area contributed by atoms with E-state index in [1.165, 1.54) is 19.3 Å². The number of rotatable bonds is 1. The highest BCUT2D eigenvalue weighted by molar-refractivity contribution is 14.1. The Morgan fingerprint density at radius 3 is 2.69 bits per heavy atom. The van der Waals surface area contributed by atoms with Gasteiger partial charge in [0, 0.05) is 23.4 Å². The molecule has 0 bridgehead atoms. The summed E-state index contributed by atoms with van der Waals surface area (Å²) in [4.78, 5) is 11.3. The third-order valence-corrected chi connectivity index (χ3v) is 5.95. The second-order valence-electron chi connectivity index (χ2n) is 5.43. The smallest absolute Gasteiger partial charge is 0.204 e. The van der Waals surface area contributed by atoms with Crippen LogP contribution in [0.5, 0.6) is 0 Å². The topological polar surface area (TPSA) is 27.7 Å². The number of ether oxygens (including phenoxy) is 1. The fourth-order valence-electron chi connectivity index (χ4n) is 2.66. The Labute approximate surface area is 111 Å². The van der Waals surface area contributed by atoms with E-state index in [9.17, 15) is 0 Å². The molecule has 1 saturated carbocycles. The van der Waals surface area contributed by atoms with Crippen LogP contribution in [0.3, 0.4) is 0 Å². The highest BCUT2D eigenvalue weighted by Gasteiger charge is 2.50. The summed E-state index contributed by atoms with van der Waals surface area (Å²) >= 11 is 2.48. The third-order valence-electron chi connectivity index (χ3n) is 3.94. The van der Waals surface area contributed by atoms with Crippen LogP contribution < -0.4 is 0 Å². The van der Waals surface area contributed by atoms with Gasteiger partial charge in [-0.15, -0.1) is 0 Å². The van der Waals surface area contributed by atoms with Gasteiger partial charge < -0.3 is 4.74 Å². The minimum atomic E-state index is -0.491. The lowest BCUT2D eigenvalue weighted by molar-refractivity contribution is -0.464. The van der Waals surface area contributed by atoms with E-state index in [4.69, 9.17) is 14.5 Å². The lowest BCUT2D eigenvalue weighted by atomic mass is 9.79. The summed E-state index contributed by atoms with van der Waals surface area (Å²) in [6.07, 6.45) is 5.70. The van der Waals surface area contributed by atoms with Gasteiger partial charge in [0.25, 0.3) is 0 Å². The van der Waals surface area contributed by atoms with E-state index in [0.29, 0.717) is 9.84 Å². The van der Waals surface area contributed by atoms with Gasteiger partial charge in [0.05, 0.1) is 0 Å². The normalized spacial score (nSPS) is 43.5. The van der Waals surface area contributed by atoms with Gasteiger partial charge in [-0.1, -0.05) is 29.0 Å². The van der Waals surface area contributed by atoms with Crippen molar-refractivity contribution in [1.82, 2.24) is 0 Å². The summed E-state index contributed by atoms with van der Waals surface area (Å²) in [5.74, 6) is -0.0231. The SMILES string of the molecule is CO[C@@]12CCCC[C@@H]1CC(I)C(C)(C)OO2. The standard InChI is InChI=1S/C12H21IO3/c1-11(2)10(13)8-9-6-4-5-7-12(9,14-3)16-15-11/h9-10H,4-8H2,1-3H3/t9-,10?,12-/m1/s1. The highest BCUT2D eigenvalue weighted by atomic mass is 127. The van der Waals surface area contributed by atoms with Gasteiger partial charge >= 0.3 is 0 Å². The summed E-state index contributed by atoms with van der Waals surface area (Å²) in [6.45, 7) is 4.18. The van der Waals surface area contributed by atoms with Crippen LogP contribution in [0.4, 0.5) is 0 Å². The lowest BCUT2D eigenvalue weighted by Crippen LogP contribution is -2.44. The number of alkyl halides is 1. The van der Waals surface area contributed by atoms with E-state index in [-0.39, 0.29) is 5.60 Å². The molecule has 2 aliphatic rings. The maximum absolute atomic E-state index is 5.70. The molecule has 0 aromatic rings. The second kappa shape index (κ2) is 4.71. The molecule has 0 aromatic heterocycles. The van der Waals surface area contributed by atoms with E-state index >= 15 is 0 Å². The summed E-state index contributed by atoms with van der Waals surface area (Å²) < 4.78 is 6.12. The second-order valence-corrected chi connectivity index (χ2v) is 6.94. The number of fused-ring (bicyclic) bond motifs is 1. The largest absolute Gasteiger partial charge is 0.350 e. The Kier molecular flexibility index (Phi) is 3.84. The highest BCUT2D eigenvalue weighted by Crippen LogP contribution is 2.46. The van der Waals surface area contributed by atoms with Gasteiger partial charge in [-0.3, -0.25) is 0 Å². The van der Waals surface area contributed by atoms with E-state index in [1.54, 1.807) is 7.11 Å². The van der Waals surface area contributed by atoms with E-state index in [2.05, 4.69) is 36.4 Å². The molecule has 3 nitrogen and oxygen atoms in total. The van der Waals surface area contributed by atoms with Crippen LogP contribution >= 0.6 is 22.6 Å². The Morgan fingerprint density at radius 1 is 1.25 bits per heavy atom. The molecule has 0 aromatic carbocycles. The average molecular weight is 340 g/mol. The quantitative estimate of drug-likeness (QED) is 0.416. The van der Waals surface area contributed by atoms with E-state index in [0.717, 1.165) is 12.8 Å². The molecule has 0 radical (unpaired) electrons. The number of methoxy groups -OCH3 is 1. The molecule has 1 unspecified atom stereocenters. The molecule has 4 heteroatoms. The molecular weight excluding hydrogens is 319 g/mol. The van der Waals surface area contributed by atoms with Crippen LogP contribution in [0.2, 0.25) is 0 Å². The lowest BCUT2D eigenvalue weighted by Gasteiger charge is -2.39. The van der Waals surface area contributed by atoms with Crippen molar-refractivity contribution in [1.29, 1.82) is 0 Å². The zero-order valence-corrected chi connectivity index (χ0v) is 12.5. The zero-order valence-electron chi connectivity index (χ0n) is 10.3. The first kappa shape index (κ1) is 13.1. The minimum Gasteiger partial charge on any atom is -0.350 e. The Morgan fingerprint density at radius 2 is 2.00 bits per heavy atom. The molecule has 2 rings (SSSR count). The molecule has 1 aliphatic carbocycles. The van der Waals surface area contributed by atoms with Gasteiger partial charge in [-0.05, 0) is 33.1 Å². The van der Waals surface area contributed by atoms with Crippen molar-refractivity contribution >= 4 is 22.6 Å². The fraction of sp³-hybridized carbons (Fsp3) is 1.00. The van der Waals surface area contributed by atoms with E-state index in [1.807, 2.05) is 0 Å². The predicted molar refractivity (Wildman–Crippen MR) is 70.4 cm³/mol. The average Bonchev–Trinajstić information content (AvgIpc) is 2.37. The first-order valence-electron chi connectivity index (χ1n) is 6.06. The van der Waals surface area contributed by atoms with Gasteiger partial charge in [-0.25, -0.2) is 9.78 Å². The number of halogens is 1. The molecule has 0 N–H and O–H groups in total. The van der Waals surface area contributed by atoms with Crippen molar-refractivity contribution in [2.75, 3.05) is 7.11 Å². The van der Waals surface area contributed by atoms with Crippen LogP contribution in [0.1, 0.15) is 46.0 Å². The summed E-state index contributed by atoms with van der Waals surface area (Å²) in [7, 11) is 1.74. The molecule has 0 spiro atoms. The van der Waals surface area contributed by atoms with E-state index < -0.39 is 5.79 Å². The van der Waals surface area contributed by atoms with Crippen molar-refractivity contribution in [2.45, 2.75) is 61.3 Å². The van der Waals surface area contributed by atoms with Crippen LogP contribution in [-0.4, -0.2) is 22.4 Å². The molecule has 0 amide bonds. The summed E-state index contributed by atoms with van der Waals surface area (Å²) in [6, 6.07) is 0. The molecule has 1 aliphatic heterocycles. The minimum absolute atomic E-state index is 0.233. The predicted octanol–water partition coefficient (Wildman–Crippen LogP) is 3.45. The van der Waals surface area contributed by atoms with Gasteiger partial charge in [0.15, 0.2) is 0 Å². The molecule has 3 atom stereocenters. The van der Waals surface area contributed by atoms with Crippen molar-refractivity contribution in [3.05, 3.63) is 0 Å². The zero-order chi connectivity index (χ0) is 11.8.